The Morgan fingerprint density at radius 2 is 2.42 bits per heavy atom. The van der Waals surface area contributed by atoms with E-state index in [0.717, 1.165) is 10.6 Å². The SMILES string of the molecule is CC1(N)C=NC=c2[nH]ccc2=C1. The standard InChI is InChI=1S/C9H11N3/c1-9(10)4-7-2-3-12-8(7)5-11-6-9/h2-6,12H,10H2,1H3. The van der Waals surface area contributed by atoms with Crippen molar-refractivity contribution in [2.24, 2.45) is 10.7 Å². The quantitative estimate of drug-likeness (QED) is 0.521. The molecule has 2 rings (SSSR count). The number of hydrogen-bond acceptors (Lipinski definition) is 2. The molecule has 0 spiro atoms. The van der Waals surface area contributed by atoms with Crippen molar-refractivity contribution >= 4 is 18.5 Å². The van der Waals surface area contributed by atoms with Gasteiger partial charge in [-0.05, 0) is 18.2 Å². The van der Waals surface area contributed by atoms with Gasteiger partial charge in [-0.2, -0.15) is 0 Å². The van der Waals surface area contributed by atoms with Crippen molar-refractivity contribution in [3.05, 3.63) is 22.8 Å². The minimum atomic E-state index is -0.441. The van der Waals surface area contributed by atoms with Crippen LogP contribution in [0, 0.1) is 0 Å². The highest BCUT2D eigenvalue weighted by atomic mass is 14.8. The average molecular weight is 161 g/mol. The smallest absolute Gasteiger partial charge is 0.0679 e. The van der Waals surface area contributed by atoms with Crippen LogP contribution in [0.1, 0.15) is 6.92 Å². The van der Waals surface area contributed by atoms with Crippen LogP contribution in [0.25, 0.3) is 12.3 Å². The van der Waals surface area contributed by atoms with Crippen LogP contribution >= 0.6 is 0 Å². The molecule has 0 radical (unpaired) electrons. The lowest BCUT2D eigenvalue weighted by atomic mass is 10.1. The molecule has 3 heteroatoms. The van der Waals surface area contributed by atoms with E-state index in [-0.39, 0.29) is 0 Å². The molecule has 1 aromatic rings. The highest BCUT2D eigenvalue weighted by Gasteiger charge is 2.11. The van der Waals surface area contributed by atoms with E-state index in [4.69, 9.17) is 5.73 Å². The fraction of sp³-hybridized carbons (Fsp3) is 0.222. The van der Waals surface area contributed by atoms with Gasteiger partial charge in [-0.1, -0.05) is 6.08 Å². The van der Waals surface area contributed by atoms with Gasteiger partial charge >= 0.3 is 0 Å². The Balaban J connectivity index is 2.75. The molecular weight excluding hydrogens is 150 g/mol. The zero-order valence-corrected chi connectivity index (χ0v) is 6.91. The van der Waals surface area contributed by atoms with E-state index in [1.807, 2.05) is 25.3 Å². The van der Waals surface area contributed by atoms with Crippen molar-refractivity contribution in [1.29, 1.82) is 0 Å². The van der Waals surface area contributed by atoms with E-state index in [0.29, 0.717) is 0 Å². The molecule has 0 amide bonds. The summed E-state index contributed by atoms with van der Waals surface area (Å²) in [6.07, 6.45) is 7.39. The lowest BCUT2D eigenvalue weighted by Crippen LogP contribution is -2.37. The molecule has 0 bridgehead atoms. The number of aromatic amines is 1. The molecule has 1 unspecified atom stereocenters. The van der Waals surface area contributed by atoms with Gasteiger partial charge in [0.05, 0.1) is 17.1 Å². The molecule has 0 fully saturated rings. The third kappa shape index (κ3) is 1.19. The van der Waals surface area contributed by atoms with E-state index in [1.54, 1.807) is 12.4 Å². The van der Waals surface area contributed by atoms with Crippen LogP contribution in [0.4, 0.5) is 0 Å². The number of fused-ring (bicyclic) bond motifs is 1. The van der Waals surface area contributed by atoms with Gasteiger partial charge in [-0.25, -0.2) is 0 Å². The van der Waals surface area contributed by atoms with Gasteiger partial charge in [0.15, 0.2) is 0 Å². The molecule has 0 aliphatic carbocycles. The number of nitrogens with one attached hydrogen (secondary N) is 1. The predicted octanol–water partition coefficient (Wildman–Crippen LogP) is -0.665. The summed E-state index contributed by atoms with van der Waals surface area (Å²) in [5.41, 5.74) is 5.47. The number of H-pyrrole nitrogens is 1. The minimum absolute atomic E-state index is 0.441. The number of nitrogens with two attached hydrogens (primary N) is 1. The van der Waals surface area contributed by atoms with E-state index in [1.165, 1.54) is 0 Å². The van der Waals surface area contributed by atoms with Crippen molar-refractivity contribution in [1.82, 2.24) is 4.98 Å². The van der Waals surface area contributed by atoms with Crippen molar-refractivity contribution in [3.63, 3.8) is 0 Å². The van der Waals surface area contributed by atoms with E-state index in [2.05, 4.69) is 9.98 Å². The van der Waals surface area contributed by atoms with Crippen LogP contribution in [-0.4, -0.2) is 16.7 Å². The average Bonchev–Trinajstić information content (AvgIpc) is 2.31. The van der Waals surface area contributed by atoms with E-state index >= 15 is 0 Å². The Morgan fingerprint density at radius 1 is 1.58 bits per heavy atom. The van der Waals surface area contributed by atoms with Crippen molar-refractivity contribution < 1.29 is 0 Å². The lowest BCUT2D eigenvalue weighted by molar-refractivity contribution is 0.845. The molecule has 1 aromatic heterocycles. The second-order valence-corrected chi connectivity index (χ2v) is 3.26. The first-order valence-electron chi connectivity index (χ1n) is 3.87. The number of nitrogens with zero attached hydrogens (tertiary/aromatic N) is 1. The predicted molar refractivity (Wildman–Crippen MR) is 50.1 cm³/mol. The van der Waals surface area contributed by atoms with Gasteiger partial charge in [0.25, 0.3) is 0 Å². The molecule has 0 saturated carbocycles. The van der Waals surface area contributed by atoms with Crippen LogP contribution in [0.15, 0.2) is 17.3 Å². The molecule has 1 aliphatic rings. The Hall–Kier alpha value is -1.35. The molecule has 0 saturated heterocycles. The summed E-state index contributed by atoms with van der Waals surface area (Å²) in [5.74, 6) is 0. The molecule has 1 atom stereocenters. The van der Waals surface area contributed by atoms with Crippen LogP contribution < -0.4 is 16.3 Å². The highest BCUT2D eigenvalue weighted by Crippen LogP contribution is 1.97. The minimum Gasteiger partial charge on any atom is -0.360 e. The van der Waals surface area contributed by atoms with Gasteiger partial charge in [0.1, 0.15) is 0 Å². The first kappa shape index (κ1) is 7.31. The maximum Gasteiger partial charge on any atom is 0.0679 e. The molecule has 3 N–H and O–H groups in total. The van der Waals surface area contributed by atoms with E-state index in [9.17, 15) is 0 Å². The second-order valence-electron chi connectivity index (χ2n) is 3.26. The molecule has 3 nitrogen and oxygen atoms in total. The van der Waals surface area contributed by atoms with Gasteiger partial charge < -0.3 is 10.7 Å². The Morgan fingerprint density at radius 3 is 3.25 bits per heavy atom. The highest BCUT2D eigenvalue weighted by molar-refractivity contribution is 5.81. The summed E-state index contributed by atoms with van der Waals surface area (Å²) < 4.78 is 0. The van der Waals surface area contributed by atoms with Crippen molar-refractivity contribution in [3.8, 4) is 0 Å². The fourth-order valence-electron chi connectivity index (χ4n) is 1.28. The molecule has 12 heavy (non-hydrogen) atoms. The topological polar surface area (TPSA) is 54.2 Å². The molecule has 0 aromatic carbocycles. The zero-order chi connectivity index (χ0) is 8.60. The zero-order valence-electron chi connectivity index (χ0n) is 6.91. The van der Waals surface area contributed by atoms with Gasteiger partial charge in [-0.3, -0.25) is 4.99 Å². The summed E-state index contributed by atoms with van der Waals surface area (Å²) >= 11 is 0. The third-order valence-corrected chi connectivity index (χ3v) is 1.84. The van der Waals surface area contributed by atoms with Crippen LogP contribution in [0.2, 0.25) is 0 Å². The summed E-state index contributed by atoms with van der Waals surface area (Å²) in [6, 6.07) is 1.99. The number of aliphatic imine (C=N–C) groups is 1. The maximum atomic E-state index is 5.91. The van der Waals surface area contributed by atoms with Crippen molar-refractivity contribution in [2.45, 2.75) is 12.5 Å². The Bertz CT molecular complexity index is 423. The molecule has 2 heterocycles. The second kappa shape index (κ2) is 2.32. The van der Waals surface area contributed by atoms with Crippen LogP contribution in [0.3, 0.4) is 0 Å². The number of hydrogen-bond donors (Lipinski definition) is 2. The Labute approximate surface area is 70.3 Å². The van der Waals surface area contributed by atoms with Gasteiger partial charge in [0, 0.05) is 12.4 Å². The fourth-order valence-corrected chi connectivity index (χ4v) is 1.28. The van der Waals surface area contributed by atoms with Crippen LogP contribution in [-0.2, 0) is 0 Å². The first-order chi connectivity index (χ1) is 5.67. The first-order valence-corrected chi connectivity index (χ1v) is 3.87. The van der Waals surface area contributed by atoms with E-state index < -0.39 is 5.54 Å². The number of aromatic nitrogens is 1. The summed E-state index contributed by atoms with van der Waals surface area (Å²) in [5, 5.41) is 2.12. The van der Waals surface area contributed by atoms with Crippen LogP contribution in [0.5, 0.6) is 0 Å². The van der Waals surface area contributed by atoms with Crippen molar-refractivity contribution in [2.75, 3.05) is 0 Å². The summed E-state index contributed by atoms with van der Waals surface area (Å²) in [7, 11) is 0. The largest absolute Gasteiger partial charge is 0.360 e. The monoisotopic (exact) mass is 161 g/mol. The summed E-state index contributed by atoms with van der Waals surface area (Å²) in [6.45, 7) is 1.92. The van der Waals surface area contributed by atoms with Gasteiger partial charge in [0.2, 0.25) is 0 Å². The molecular formula is C9H11N3. The molecule has 62 valence electrons. The summed E-state index contributed by atoms with van der Waals surface area (Å²) in [4.78, 5) is 7.18. The van der Waals surface area contributed by atoms with Gasteiger partial charge in [-0.15, -0.1) is 0 Å². The lowest BCUT2D eigenvalue weighted by Gasteiger charge is -2.11. The normalized spacial score (nSPS) is 26.8. The third-order valence-electron chi connectivity index (χ3n) is 1.84. The maximum absolute atomic E-state index is 5.91. The number of rotatable bonds is 0. The Kier molecular flexibility index (Phi) is 1.41. The molecule has 1 aliphatic heterocycles.